The Hall–Kier alpha value is -2.58. The molecular formula is C22H29N3O4S. The molecule has 2 amide bonds. The van der Waals surface area contributed by atoms with Crippen molar-refractivity contribution in [3.05, 3.63) is 60.2 Å². The lowest BCUT2D eigenvalue weighted by Gasteiger charge is -2.34. The number of carbonyl (C=O) groups is 1. The van der Waals surface area contributed by atoms with Gasteiger partial charge in [-0.1, -0.05) is 50.2 Å². The molecular weight excluding hydrogens is 402 g/mol. The third-order valence-corrected chi connectivity index (χ3v) is 6.99. The molecule has 1 aliphatic rings. The molecule has 0 saturated carbocycles. The maximum Gasteiger partial charge on any atom is 0.320 e. The second kappa shape index (κ2) is 9.49. The van der Waals surface area contributed by atoms with Crippen LogP contribution in [0, 0.1) is 0 Å². The van der Waals surface area contributed by atoms with E-state index in [4.69, 9.17) is 4.74 Å². The molecule has 2 aromatic carbocycles. The van der Waals surface area contributed by atoms with E-state index in [0.717, 1.165) is 11.3 Å². The third kappa shape index (κ3) is 5.12. The number of para-hydroxylation sites is 1. The monoisotopic (exact) mass is 431 g/mol. The van der Waals surface area contributed by atoms with Crippen molar-refractivity contribution in [2.24, 2.45) is 0 Å². The molecule has 3 rings (SSSR count). The Morgan fingerprint density at radius 1 is 0.933 bits per heavy atom. The van der Waals surface area contributed by atoms with Gasteiger partial charge in [-0.3, -0.25) is 0 Å². The number of benzene rings is 2. The zero-order valence-electron chi connectivity index (χ0n) is 17.6. The van der Waals surface area contributed by atoms with Crippen molar-refractivity contribution in [1.29, 1.82) is 0 Å². The molecule has 1 unspecified atom stereocenters. The fraction of sp³-hybridized carbons (Fsp3) is 0.409. The summed E-state index contributed by atoms with van der Waals surface area (Å²) in [4.78, 5) is 14.5. The average molecular weight is 432 g/mol. The smallest absolute Gasteiger partial charge is 0.320 e. The highest BCUT2D eigenvalue weighted by molar-refractivity contribution is 7.89. The van der Waals surface area contributed by atoms with Crippen LogP contribution in [-0.4, -0.2) is 56.1 Å². The van der Waals surface area contributed by atoms with E-state index in [1.54, 1.807) is 42.2 Å². The number of nitrogens with one attached hydrogen (secondary N) is 1. The van der Waals surface area contributed by atoms with Crippen molar-refractivity contribution in [3.63, 3.8) is 0 Å². The van der Waals surface area contributed by atoms with E-state index in [1.807, 2.05) is 24.3 Å². The van der Waals surface area contributed by atoms with Gasteiger partial charge in [-0.05, 0) is 36.6 Å². The summed E-state index contributed by atoms with van der Waals surface area (Å²) in [6.07, 6.45) is -0.511. The van der Waals surface area contributed by atoms with Crippen molar-refractivity contribution in [2.75, 3.05) is 26.2 Å². The van der Waals surface area contributed by atoms with E-state index in [0.29, 0.717) is 19.0 Å². The van der Waals surface area contributed by atoms with Crippen molar-refractivity contribution in [2.45, 2.75) is 37.8 Å². The molecule has 2 aromatic rings. The lowest BCUT2D eigenvalue weighted by Crippen LogP contribution is -2.54. The van der Waals surface area contributed by atoms with Crippen LogP contribution in [0.3, 0.4) is 0 Å². The lowest BCUT2D eigenvalue weighted by molar-refractivity contribution is 0.139. The fourth-order valence-corrected chi connectivity index (χ4v) is 4.87. The largest absolute Gasteiger partial charge is 0.471 e. The molecule has 0 aromatic heterocycles. The molecule has 0 spiro atoms. The van der Waals surface area contributed by atoms with Gasteiger partial charge in [-0.15, -0.1) is 0 Å². The van der Waals surface area contributed by atoms with E-state index in [-0.39, 0.29) is 24.0 Å². The Labute approximate surface area is 178 Å². The summed E-state index contributed by atoms with van der Waals surface area (Å²) in [5.41, 5.74) is 1.08. The molecule has 1 N–H and O–H groups in total. The minimum Gasteiger partial charge on any atom is -0.471 e. The first-order valence-electron chi connectivity index (χ1n) is 10.1. The molecule has 1 heterocycles. The van der Waals surface area contributed by atoms with Gasteiger partial charge in [0.05, 0.1) is 4.90 Å². The average Bonchev–Trinajstić information content (AvgIpc) is 2.74. The first-order chi connectivity index (χ1) is 14.3. The number of carbonyl (C=O) groups excluding carboxylic acids is 1. The molecule has 162 valence electrons. The summed E-state index contributed by atoms with van der Waals surface area (Å²) >= 11 is 0. The minimum atomic E-state index is -3.54. The molecule has 8 heteroatoms. The maximum atomic E-state index is 12.7. The summed E-state index contributed by atoms with van der Waals surface area (Å²) in [5.74, 6) is 1.06. The van der Waals surface area contributed by atoms with E-state index in [9.17, 15) is 13.2 Å². The van der Waals surface area contributed by atoms with Crippen LogP contribution >= 0.6 is 0 Å². The second-order valence-electron chi connectivity index (χ2n) is 7.61. The third-order valence-electron chi connectivity index (χ3n) is 5.08. The quantitative estimate of drug-likeness (QED) is 0.712. The van der Waals surface area contributed by atoms with E-state index in [1.165, 1.54) is 4.31 Å². The molecule has 0 bridgehead atoms. The van der Waals surface area contributed by atoms with E-state index < -0.39 is 16.3 Å². The molecule has 7 nitrogen and oxygen atoms in total. The first kappa shape index (κ1) is 22.1. The highest BCUT2D eigenvalue weighted by Gasteiger charge is 2.30. The van der Waals surface area contributed by atoms with Gasteiger partial charge in [0.15, 0.2) is 6.23 Å². The number of rotatable bonds is 6. The summed E-state index contributed by atoms with van der Waals surface area (Å²) in [6.45, 7) is 7.14. The molecule has 30 heavy (non-hydrogen) atoms. The highest BCUT2D eigenvalue weighted by atomic mass is 32.2. The predicted molar refractivity (Wildman–Crippen MR) is 116 cm³/mol. The van der Waals surface area contributed by atoms with E-state index >= 15 is 0 Å². The van der Waals surface area contributed by atoms with Crippen LogP contribution in [0.1, 0.15) is 32.3 Å². The second-order valence-corrected chi connectivity index (χ2v) is 9.54. The van der Waals surface area contributed by atoms with Gasteiger partial charge in [-0.2, -0.15) is 4.31 Å². The maximum absolute atomic E-state index is 12.7. The standard InChI is InChI=1S/C22H29N3O4S/c1-17(2)20-11-7-8-12-21(20)29-18(3)23-22(26)24-13-15-25(16-14-24)30(27,28)19-9-5-4-6-10-19/h4-12,17-18H,13-16H2,1-3H3,(H,23,26). The zero-order valence-corrected chi connectivity index (χ0v) is 18.4. The van der Waals surface area contributed by atoms with Gasteiger partial charge in [-0.25, -0.2) is 13.2 Å². The number of piperazine rings is 1. The summed E-state index contributed by atoms with van der Waals surface area (Å²) < 4.78 is 32.8. The van der Waals surface area contributed by atoms with Gasteiger partial charge < -0.3 is 15.0 Å². The van der Waals surface area contributed by atoms with Crippen molar-refractivity contribution < 1.29 is 17.9 Å². The van der Waals surface area contributed by atoms with E-state index in [2.05, 4.69) is 19.2 Å². The number of nitrogens with zero attached hydrogens (tertiary/aromatic N) is 2. The van der Waals surface area contributed by atoms with Gasteiger partial charge >= 0.3 is 6.03 Å². The first-order valence-corrected chi connectivity index (χ1v) is 11.6. The molecule has 1 fully saturated rings. The Balaban J connectivity index is 1.54. The fourth-order valence-electron chi connectivity index (χ4n) is 3.42. The number of sulfonamides is 1. The van der Waals surface area contributed by atoms with Crippen LogP contribution < -0.4 is 10.1 Å². The van der Waals surface area contributed by atoms with Crippen LogP contribution in [0.4, 0.5) is 4.79 Å². The highest BCUT2D eigenvalue weighted by Crippen LogP contribution is 2.26. The molecule has 0 aliphatic carbocycles. The topological polar surface area (TPSA) is 79.0 Å². The Kier molecular flexibility index (Phi) is 6.99. The normalized spacial score (nSPS) is 16.3. The van der Waals surface area contributed by atoms with Crippen molar-refractivity contribution >= 4 is 16.1 Å². The minimum absolute atomic E-state index is 0.260. The Morgan fingerprint density at radius 2 is 1.53 bits per heavy atom. The molecule has 1 aliphatic heterocycles. The number of urea groups is 1. The summed E-state index contributed by atoms with van der Waals surface area (Å²) in [6, 6.07) is 15.9. The number of hydrogen-bond acceptors (Lipinski definition) is 4. The number of hydrogen-bond donors (Lipinski definition) is 1. The number of ether oxygens (including phenoxy) is 1. The van der Waals surface area contributed by atoms with Crippen LogP contribution in [0.15, 0.2) is 59.5 Å². The zero-order chi connectivity index (χ0) is 21.7. The Bertz CT molecular complexity index is 955. The van der Waals surface area contributed by atoms with Gasteiger partial charge in [0.1, 0.15) is 5.75 Å². The van der Waals surface area contributed by atoms with Crippen LogP contribution in [0.2, 0.25) is 0 Å². The van der Waals surface area contributed by atoms with Crippen molar-refractivity contribution in [3.8, 4) is 5.75 Å². The molecule has 1 atom stereocenters. The number of amides is 2. The van der Waals surface area contributed by atoms with Crippen LogP contribution in [0.25, 0.3) is 0 Å². The summed E-state index contributed by atoms with van der Waals surface area (Å²) in [7, 11) is -3.54. The Morgan fingerprint density at radius 3 is 2.17 bits per heavy atom. The molecule has 1 saturated heterocycles. The van der Waals surface area contributed by atoms with Gasteiger partial charge in [0, 0.05) is 26.2 Å². The SMILES string of the molecule is CC(NC(=O)N1CCN(S(=O)(=O)c2ccccc2)CC1)Oc1ccccc1C(C)C. The van der Waals surface area contributed by atoms with Gasteiger partial charge in [0.2, 0.25) is 10.0 Å². The van der Waals surface area contributed by atoms with Gasteiger partial charge in [0.25, 0.3) is 0 Å². The molecule has 0 radical (unpaired) electrons. The lowest BCUT2D eigenvalue weighted by atomic mass is 10.0. The van der Waals surface area contributed by atoms with Crippen molar-refractivity contribution in [1.82, 2.24) is 14.5 Å². The predicted octanol–water partition coefficient (Wildman–Crippen LogP) is 3.25. The summed E-state index contributed by atoms with van der Waals surface area (Å²) in [5, 5.41) is 2.85. The van der Waals surface area contributed by atoms with Crippen LogP contribution in [0.5, 0.6) is 5.75 Å². The van der Waals surface area contributed by atoms with Crippen LogP contribution in [-0.2, 0) is 10.0 Å².